The first-order chi connectivity index (χ1) is 20.4. The first kappa shape index (κ1) is 27.5. The lowest BCUT2D eigenvalue weighted by Gasteiger charge is -2.32. The molecule has 3 aromatic carbocycles. The second kappa shape index (κ2) is 11.7. The van der Waals surface area contributed by atoms with E-state index in [1.54, 1.807) is 37.1 Å². The second-order valence-electron chi connectivity index (χ2n) is 11.0. The molecular weight excluding hydrogens is 528 g/mol. The van der Waals surface area contributed by atoms with E-state index in [0.29, 0.717) is 22.7 Å². The maximum atomic E-state index is 12.7. The van der Waals surface area contributed by atoms with E-state index in [0.717, 1.165) is 54.9 Å². The number of aromatic nitrogens is 1. The van der Waals surface area contributed by atoms with Crippen LogP contribution in [0.2, 0.25) is 0 Å². The van der Waals surface area contributed by atoms with Gasteiger partial charge in [-0.2, -0.15) is 0 Å². The highest BCUT2D eigenvalue weighted by molar-refractivity contribution is 5.99. The fourth-order valence-corrected chi connectivity index (χ4v) is 5.58. The lowest BCUT2D eigenvalue weighted by molar-refractivity contribution is -0.121. The van der Waals surface area contributed by atoms with Crippen molar-refractivity contribution in [2.24, 2.45) is 0 Å². The summed E-state index contributed by atoms with van der Waals surface area (Å²) in [6.45, 7) is 4.40. The van der Waals surface area contributed by atoms with E-state index in [2.05, 4.69) is 34.5 Å². The molecule has 0 spiro atoms. The summed E-state index contributed by atoms with van der Waals surface area (Å²) < 4.78 is 5.71. The summed E-state index contributed by atoms with van der Waals surface area (Å²) in [6, 6.07) is 25.6. The minimum Gasteiger partial charge on any atom is -0.508 e. The molecule has 2 amide bonds. The minimum absolute atomic E-state index is 0.0174. The zero-order valence-electron chi connectivity index (χ0n) is 23.8. The molecule has 8 nitrogen and oxygen atoms in total. The number of anilines is 1. The van der Waals surface area contributed by atoms with Gasteiger partial charge in [0.1, 0.15) is 11.4 Å². The molecule has 0 saturated carbocycles. The number of likely N-dealkylation sites (N-methyl/N-ethyl adjacent to an activating group) is 1. The first-order valence-corrected chi connectivity index (χ1v) is 14.3. The van der Waals surface area contributed by atoms with Crippen molar-refractivity contribution in [2.75, 3.05) is 31.6 Å². The van der Waals surface area contributed by atoms with Gasteiger partial charge in [-0.15, -0.1) is 0 Å². The number of piperidine rings is 1. The first-order valence-electron chi connectivity index (χ1n) is 14.3. The highest BCUT2D eigenvalue weighted by Crippen LogP contribution is 2.39. The van der Waals surface area contributed by atoms with E-state index in [1.165, 1.54) is 5.56 Å². The summed E-state index contributed by atoms with van der Waals surface area (Å²) in [4.78, 5) is 33.8. The Labute approximate surface area is 245 Å². The average Bonchev–Trinajstić information content (AvgIpc) is 3.01. The lowest BCUT2D eigenvalue weighted by Crippen LogP contribution is -2.44. The largest absolute Gasteiger partial charge is 0.508 e. The molecule has 2 aliphatic heterocycles. The summed E-state index contributed by atoms with van der Waals surface area (Å²) >= 11 is 0. The molecule has 0 unspecified atom stereocenters. The van der Waals surface area contributed by atoms with Crippen molar-refractivity contribution in [1.82, 2.24) is 15.2 Å². The molecule has 0 aliphatic carbocycles. The van der Waals surface area contributed by atoms with Crippen LogP contribution in [-0.4, -0.2) is 59.6 Å². The Morgan fingerprint density at radius 3 is 2.45 bits per heavy atom. The molecule has 1 aromatic heterocycles. The second-order valence-corrected chi connectivity index (χ2v) is 11.0. The van der Waals surface area contributed by atoms with E-state index < -0.39 is 0 Å². The van der Waals surface area contributed by atoms with Crippen LogP contribution in [0, 0.1) is 6.92 Å². The molecule has 2 aliphatic rings. The van der Waals surface area contributed by atoms with Gasteiger partial charge in [-0.25, -0.2) is 4.98 Å². The van der Waals surface area contributed by atoms with E-state index in [-0.39, 0.29) is 30.2 Å². The van der Waals surface area contributed by atoms with Gasteiger partial charge in [0.2, 0.25) is 5.88 Å². The van der Waals surface area contributed by atoms with Crippen LogP contribution in [-0.2, 0) is 11.3 Å². The predicted octanol–water partition coefficient (Wildman–Crippen LogP) is 5.18. The maximum Gasteiger partial charge on any atom is 0.264 e. The summed E-state index contributed by atoms with van der Waals surface area (Å²) in [7, 11) is 1.75. The molecule has 0 radical (unpaired) electrons. The number of amides is 2. The van der Waals surface area contributed by atoms with Crippen LogP contribution in [0.1, 0.15) is 34.3 Å². The number of phenolic OH excluding ortho intramolecular Hbond substituents is 1. The van der Waals surface area contributed by atoms with Crippen LogP contribution in [0.3, 0.4) is 0 Å². The van der Waals surface area contributed by atoms with E-state index in [1.807, 2.05) is 36.4 Å². The normalized spacial score (nSPS) is 15.7. The van der Waals surface area contributed by atoms with E-state index in [9.17, 15) is 14.7 Å². The number of ether oxygens (including phenoxy) is 1. The van der Waals surface area contributed by atoms with Crippen molar-refractivity contribution in [2.45, 2.75) is 32.4 Å². The summed E-state index contributed by atoms with van der Waals surface area (Å²) in [5.41, 5.74) is 6.91. The Morgan fingerprint density at radius 1 is 1.00 bits per heavy atom. The number of nitrogens with zero attached hydrogens (tertiary/aromatic N) is 3. The number of hydrogen-bond acceptors (Lipinski definition) is 6. The molecule has 0 bridgehead atoms. The minimum atomic E-state index is -0.0979. The van der Waals surface area contributed by atoms with Gasteiger partial charge in [0.15, 0.2) is 6.61 Å². The smallest absolute Gasteiger partial charge is 0.264 e. The number of pyridine rings is 1. The molecule has 1 fully saturated rings. The average molecular weight is 563 g/mol. The Balaban J connectivity index is 1.13. The van der Waals surface area contributed by atoms with Crippen molar-refractivity contribution in [1.29, 1.82) is 0 Å². The number of carbonyl (C=O) groups is 2. The van der Waals surface area contributed by atoms with Gasteiger partial charge in [0.25, 0.3) is 11.8 Å². The van der Waals surface area contributed by atoms with Gasteiger partial charge in [0.05, 0.1) is 5.69 Å². The van der Waals surface area contributed by atoms with Gasteiger partial charge in [-0.3, -0.25) is 14.5 Å². The number of aromatic hydroxyl groups is 1. The fourth-order valence-electron chi connectivity index (χ4n) is 5.58. The van der Waals surface area contributed by atoms with Gasteiger partial charge in [-0.05, 0) is 60.7 Å². The number of hydrogen-bond donors (Lipinski definition) is 2. The highest BCUT2D eigenvalue weighted by Gasteiger charge is 2.26. The number of likely N-dealkylation sites (tertiary alicyclic amines) is 1. The van der Waals surface area contributed by atoms with Crippen LogP contribution in [0.5, 0.6) is 11.6 Å². The van der Waals surface area contributed by atoms with Crippen LogP contribution >= 0.6 is 0 Å². The van der Waals surface area contributed by atoms with Crippen LogP contribution in [0.15, 0.2) is 78.9 Å². The lowest BCUT2D eigenvalue weighted by atomic mass is 9.97. The third kappa shape index (κ3) is 5.71. The number of benzene rings is 3. The number of aryl methyl sites for hydroxylation is 1. The Hall–Kier alpha value is -4.69. The van der Waals surface area contributed by atoms with Crippen molar-refractivity contribution >= 4 is 17.5 Å². The topological polar surface area (TPSA) is 95.0 Å². The molecule has 3 heterocycles. The molecule has 8 heteroatoms. The zero-order chi connectivity index (χ0) is 29.2. The third-order valence-electron chi connectivity index (χ3n) is 8.14. The molecule has 0 atom stereocenters. The summed E-state index contributed by atoms with van der Waals surface area (Å²) in [5, 5.41) is 12.9. The monoisotopic (exact) mass is 562 g/mol. The van der Waals surface area contributed by atoms with Crippen molar-refractivity contribution in [3.8, 4) is 34.0 Å². The van der Waals surface area contributed by atoms with Crippen molar-refractivity contribution < 1.29 is 19.4 Å². The SMILES string of the molecule is Cc1cc(C(=O)NC2CCN(Cc3ccc(-c4nc5c(cc4-c4ccccc4)N(C)C(=O)CO5)cc3)CC2)ccc1O. The predicted molar refractivity (Wildman–Crippen MR) is 163 cm³/mol. The molecule has 214 valence electrons. The number of fused-ring (bicyclic) bond motifs is 1. The molecule has 4 aromatic rings. The molecule has 1 saturated heterocycles. The quantitative estimate of drug-likeness (QED) is 0.336. The van der Waals surface area contributed by atoms with Crippen LogP contribution < -0.4 is 15.0 Å². The summed E-state index contributed by atoms with van der Waals surface area (Å²) in [5.74, 6) is 0.468. The maximum absolute atomic E-state index is 12.7. The van der Waals surface area contributed by atoms with Crippen molar-refractivity contribution in [3.63, 3.8) is 0 Å². The Kier molecular flexibility index (Phi) is 7.63. The van der Waals surface area contributed by atoms with Crippen LogP contribution in [0.4, 0.5) is 5.69 Å². The number of nitrogens with one attached hydrogen (secondary N) is 1. The number of phenols is 1. The van der Waals surface area contributed by atoms with Gasteiger partial charge in [-0.1, -0.05) is 54.6 Å². The standard InChI is InChI=1S/C34H34N4O4/c1-22-18-26(12-13-30(22)39)33(41)35-27-14-16-38(17-15-27)20-23-8-10-25(11-9-23)32-28(24-6-4-3-5-7-24)19-29-34(36-32)42-21-31(40)37(29)2/h3-13,18-19,27,39H,14-17,20-21H2,1-2H3,(H,35,41). The van der Waals surface area contributed by atoms with Crippen LogP contribution in [0.25, 0.3) is 22.4 Å². The van der Waals surface area contributed by atoms with Crippen molar-refractivity contribution in [3.05, 3.63) is 95.6 Å². The zero-order valence-corrected chi connectivity index (χ0v) is 23.8. The third-order valence-corrected chi connectivity index (χ3v) is 8.14. The fraction of sp³-hybridized carbons (Fsp3) is 0.265. The Morgan fingerprint density at radius 2 is 1.74 bits per heavy atom. The van der Waals surface area contributed by atoms with E-state index in [4.69, 9.17) is 9.72 Å². The van der Waals surface area contributed by atoms with E-state index >= 15 is 0 Å². The molecular formula is C34H34N4O4. The molecule has 42 heavy (non-hydrogen) atoms. The number of rotatable bonds is 6. The molecule has 6 rings (SSSR count). The molecule has 2 N–H and O–H groups in total. The van der Waals surface area contributed by atoms with Gasteiger partial charge in [0, 0.05) is 49.4 Å². The Bertz CT molecular complexity index is 1610. The number of carbonyl (C=O) groups excluding carboxylic acids is 2. The van der Waals surface area contributed by atoms with Gasteiger partial charge >= 0.3 is 0 Å². The summed E-state index contributed by atoms with van der Waals surface area (Å²) in [6.07, 6.45) is 1.77. The highest BCUT2D eigenvalue weighted by atomic mass is 16.5. The van der Waals surface area contributed by atoms with Gasteiger partial charge < -0.3 is 20.1 Å².